The average Bonchev–Trinajstić information content (AvgIpc) is 3.03. The van der Waals surface area contributed by atoms with Crippen LogP contribution < -0.4 is 4.90 Å². The third kappa shape index (κ3) is 3.73. The lowest BCUT2D eigenvalue weighted by atomic mass is 10.2. The molecule has 0 atom stereocenters. The molecule has 0 amide bonds. The van der Waals surface area contributed by atoms with Gasteiger partial charge in [0.2, 0.25) is 5.13 Å². The summed E-state index contributed by atoms with van der Waals surface area (Å²) in [6.07, 6.45) is 0. The molecule has 0 saturated carbocycles. The normalized spacial score (nSPS) is 15.0. The second kappa shape index (κ2) is 7.03. The zero-order valence-electron chi connectivity index (χ0n) is 11.7. The first-order valence-corrected chi connectivity index (χ1v) is 8.55. The zero-order chi connectivity index (χ0) is 15.4. The van der Waals surface area contributed by atoms with Gasteiger partial charge in [0, 0.05) is 31.0 Å². The molecule has 22 heavy (non-hydrogen) atoms. The number of thioether (sulfide) groups is 1. The molecule has 0 spiro atoms. The van der Waals surface area contributed by atoms with Crippen LogP contribution in [0.1, 0.15) is 5.56 Å². The van der Waals surface area contributed by atoms with Crippen molar-refractivity contribution in [1.29, 1.82) is 0 Å². The lowest BCUT2D eigenvalue weighted by Crippen LogP contribution is -2.36. The van der Waals surface area contributed by atoms with Crippen LogP contribution in [0.15, 0.2) is 28.6 Å². The Balaban J connectivity index is 1.57. The van der Waals surface area contributed by atoms with Crippen molar-refractivity contribution in [2.24, 2.45) is 0 Å². The molecular formula is C13H14N4O3S2. The van der Waals surface area contributed by atoms with Crippen molar-refractivity contribution in [3.63, 3.8) is 0 Å². The first-order valence-electron chi connectivity index (χ1n) is 6.75. The predicted octanol–water partition coefficient (Wildman–Crippen LogP) is 2.58. The van der Waals surface area contributed by atoms with Gasteiger partial charge in [-0.15, -0.1) is 10.2 Å². The first kappa shape index (κ1) is 15.2. The van der Waals surface area contributed by atoms with Gasteiger partial charge in [0.05, 0.1) is 18.1 Å². The Hall–Kier alpha value is -1.71. The Bertz CT molecular complexity index is 641. The summed E-state index contributed by atoms with van der Waals surface area (Å²) >= 11 is 3.16. The molecule has 9 heteroatoms. The highest BCUT2D eigenvalue weighted by Gasteiger charge is 2.16. The molecule has 1 aliphatic rings. The highest BCUT2D eigenvalue weighted by molar-refractivity contribution is 8.00. The number of nitrogens with zero attached hydrogens (tertiary/aromatic N) is 4. The largest absolute Gasteiger partial charge is 0.378 e. The molecule has 116 valence electrons. The van der Waals surface area contributed by atoms with Crippen LogP contribution in [-0.2, 0) is 10.5 Å². The molecule has 1 fully saturated rings. The monoisotopic (exact) mass is 338 g/mol. The molecule has 0 unspecified atom stereocenters. The summed E-state index contributed by atoms with van der Waals surface area (Å²) < 4.78 is 6.22. The van der Waals surface area contributed by atoms with Crippen molar-refractivity contribution in [2.75, 3.05) is 31.2 Å². The van der Waals surface area contributed by atoms with Crippen molar-refractivity contribution in [2.45, 2.75) is 10.1 Å². The maximum Gasteiger partial charge on any atom is 0.269 e. The van der Waals surface area contributed by atoms with Crippen molar-refractivity contribution in [3.05, 3.63) is 39.9 Å². The summed E-state index contributed by atoms with van der Waals surface area (Å²) in [6.45, 7) is 3.15. The van der Waals surface area contributed by atoms with Crippen LogP contribution in [-0.4, -0.2) is 41.4 Å². The fourth-order valence-electron chi connectivity index (χ4n) is 2.00. The van der Waals surface area contributed by atoms with Gasteiger partial charge in [-0.25, -0.2) is 0 Å². The summed E-state index contributed by atoms with van der Waals surface area (Å²) in [5, 5.41) is 20.0. The number of morpholine rings is 1. The molecule has 1 aromatic heterocycles. The minimum absolute atomic E-state index is 0.110. The SMILES string of the molecule is O=[N+]([O-])c1ccc(CSc2nnc(N3CCOCC3)s2)cc1. The third-order valence-electron chi connectivity index (χ3n) is 3.19. The number of anilines is 1. The number of benzene rings is 1. The van der Waals surface area contributed by atoms with Gasteiger partial charge >= 0.3 is 0 Å². The minimum Gasteiger partial charge on any atom is -0.378 e. The predicted molar refractivity (Wildman–Crippen MR) is 85.6 cm³/mol. The van der Waals surface area contributed by atoms with Gasteiger partial charge in [-0.1, -0.05) is 35.2 Å². The number of nitro groups is 1. The molecule has 2 heterocycles. The van der Waals surface area contributed by atoms with Crippen LogP contribution in [0.2, 0.25) is 0 Å². The van der Waals surface area contributed by atoms with Crippen molar-refractivity contribution in [3.8, 4) is 0 Å². The molecule has 0 aliphatic carbocycles. The number of aromatic nitrogens is 2. The van der Waals surface area contributed by atoms with Crippen LogP contribution in [0.25, 0.3) is 0 Å². The molecule has 1 aromatic carbocycles. The van der Waals surface area contributed by atoms with Crippen LogP contribution in [0.5, 0.6) is 0 Å². The number of hydrogen-bond donors (Lipinski definition) is 0. The van der Waals surface area contributed by atoms with E-state index in [-0.39, 0.29) is 5.69 Å². The standard InChI is InChI=1S/C13H14N4O3S2/c18-17(19)11-3-1-10(2-4-11)9-21-13-15-14-12(22-13)16-5-7-20-8-6-16/h1-4H,5-9H2. The molecule has 7 nitrogen and oxygen atoms in total. The Morgan fingerprint density at radius 2 is 2.00 bits per heavy atom. The summed E-state index contributed by atoms with van der Waals surface area (Å²) in [6, 6.07) is 6.59. The van der Waals surface area contributed by atoms with Crippen LogP contribution in [0, 0.1) is 10.1 Å². The van der Waals surface area contributed by atoms with Crippen molar-refractivity contribution >= 4 is 33.9 Å². The quantitative estimate of drug-likeness (QED) is 0.471. The van der Waals surface area contributed by atoms with E-state index >= 15 is 0 Å². The Morgan fingerprint density at radius 3 is 2.68 bits per heavy atom. The van der Waals surface area contributed by atoms with E-state index in [4.69, 9.17) is 4.74 Å². The summed E-state index contributed by atoms with van der Waals surface area (Å²) in [5.41, 5.74) is 1.14. The summed E-state index contributed by atoms with van der Waals surface area (Å²) in [7, 11) is 0. The van der Waals surface area contributed by atoms with E-state index < -0.39 is 4.92 Å². The number of non-ortho nitro benzene ring substituents is 1. The molecular weight excluding hydrogens is 324 g/mol. The van der Waals surface area contributed by atoms with Crippen LogP contribution in [0.3, 0.4) is 0 Å². The Labute approximate surface area is 135 Å². The number of hydrogen-bond acceptors (Lipinski definition) is 8. The lowest BCUT2D eigenvalue weighted by molar-refractivity contribution is -0.384. The minimum atomic E-state index is -0.393. The Kier molecular flexibility index (Phi) is 4.86. The van der Waals surface area contributed by atoms with Crippen molar-refractivity contribution < 1.29 is 9.66 Å². The first-order chi connectivity index (χ1) is 10.7. The third-order valence-corrected chi connectivity index (χ3v) is 5.38. The fraction of sp³-hybridized carbons (Fsp3) is 0.385. The van der Waals surface area contributed by atoms with E-state index in [9.17, 15) is 10.1 Å². The van der Waals surface area contributed by atoms with Gasteiger partial charge in [0.25, 0.3) is 5.69 Å². The van der Waals surface area contributed by atoms with Gasteiger partial charge in [-0.3, -0.25) is 10.1 Å². The van der Waals surface area contributed by atoms with E-state index in [1.54, 1.807) is 35.2 Å². The average molecular weight is 338 g/mol. The summed E-state index contributed by atoms with van der Waals surface area (Å²) in [4.78, 5) is 12.4. The topological polar surface area (TPSA) is 81.4 Å². The van der Waals surface area contributed by atoms with Gasteiger partial charge in [-0.2, -0.15) is 0 Å². The van der Waals surface area contributed by atoms with Gasteiger partial charge in [0.1, 0.15) is 0 Å². The highest BCUT2D eigenvalue weighted by Crippen LogP contribution is 2.30. The molecule has 0 bridgehead atoms. The zero-order valence-corrected chi connectivity index (χ0v) is 13.3. The second-order valence-electron chi connectivity index (χ2n) is 4.66. The molecule has 1 aliphatic heterocycles. The smallest absolute Gasteiger partial charge is 0.269 e. The van der Waals surface area contributed by atoms with E-state index in [2.05, 4.69) is 15.1 Å². The molecule has 0 N–H and O–H groups in total. The van der Waals surface area contributed by atoms with Gasteiger partial charge < -0.3 is 9.64 Å². The summed E-state index contributed by atoms with van der Waals surface area (Å²) in [5.74, 6) is 0.718. The maximum atomic E-state index is 10.6. The van der Waals surface area contributed by atoms with E-state index in [0.717, 1.165) is 47.1 Å². The molecule has 2 aromatic rings. The van der Waals surface area contributed by atoms with E-state index in [1.807, 2.05) is 0 Å². The van der Waals surface area contributed by atoms with Crippen LogP contribution in [0.4, 0.5) is 10.8 Å². The Morgan fingerprint density at radius 1 is 1.27 bits per heavy atom. The fourth-order valence-corrected chi connectivity index (χ4v) is 3.85. The van der Waals surface area contributed by atoms with E-state index in [0.29, 0.717) is 0 Å². The van der Waals surface area contributed by atoms with Crippen LogP contribution >= 0.6 is 23.1 Å². The van der Waals surface area contributed by atoms with E-state index in [1.165, 1.54) is 12.1 Å². The van der Waals surface area contributed by atoms with Crippen molar-refractivity contribution in [1.82, 2.24) is 10.2 Å². The molecule has 0 radical (unpaired) electrons. The number of ether oxygens (including phenoxy) is 1. The number of rotatable bonds is 5. The maximum absolute atomic E-state index is 10.6. The lowest BCUT2D eigenvalue weighted by Gasteiger charge is -2.25. The molecule has 3 rings (SSSR count). The van der Waals surface area contributed by atoms with Gasteiger partial charge in [0.15, 0.2) is 4.34 Å². The number of nitro benzene ring substituents is 1. The highest BCUT2D eigenvalue weighted by atomic mass is 32.2. The molecule has 1 saturated heterocycles. The van der Waals surface area contributed by atoms with Gasteiger partial charge in [-0.05, 0) is 5.56 Å². The second-order valence-corrected chi connectivity index (χ2v) is 6.84.